The fourth-order valence-corrected chi connectivity index (χ4v) is 0.542. The summed E-state index contributed by atoms with van der Waals surface area (Å²) >= 11 is 0. The summed E-state index contributed by atoms with van der Waals surface area (Å²) in [5.74, 6) is 4.96. The standard InChI is InChI=1S/C6H8N4/c7-10-5-9-6-1-3-8-4-2-6/h1-5H,7H2,(H,8,9,10). The van der Waals surface area contributed by atoms with Gasteiger partial charge in [-0.05, 0) is 12.1 Å². The Morgan fingerprint density at radius 1 is 1.50 bits per heavy atom. The summed E-state index contributed by atoms with van der Waals surface area (Å²) in [6.45, 7) is 0. The first-order chi connectivity index (χ1) is 4.93. The zero-order valence-electron chi connectivity index (χ0n) is 5.36. The molecule has 0 aliphatic heterocycles. The SMILES string of the molecule is NNC=Nc1ccncc1. The van der Waals surface area contributed by atoms with Gasteiger partial charge in [-0.1, -0.05) is 0 Å². The molecule has 10 heavy (non-hydrogen) atoms. The first kappa shape index (κ1) is 6.70. The Morgan fingerprint density at radius 3 is 2.80 bits per heavy atom. The van der Waals surface area contributed by atoms with E-state index in [0.717, 1.165) is 5.69 Å². The first-order valence-corrected chi connectivity index (χ1v) is 2.82. The van der Waals surface area contributed by atoms with Crippen LogP contribution in [0.2, 0.25) is 0 Å². The monoisotopic (exact) mass is 136 g/mol. The Kier molecular flexibility index (Phi) is 2.39. The topological polar surface area (TPSA) is 63.3 Å². The first-order valence-electron chi connectivity index (χ1n) is 2.82. The molecule has 0 aromatic carbocycles. The normalized spacial score (nSPS) is 10.1. The number of nitrogens with one attached hydrogen (secondary N) is 1. The van der Waals surface area contributed by atoms with Crippen molar-refractivity contribution in [2.24, 2.45) is 10.8 Å². The molecule has 1 aromatic heterocycles. The van der Waals surface area contributed by atoms with E-state index in [1.165, 1.54) is 6.34 Å². The lowest BCUT2D eigenvalue weighted by molar-refractivity contribution is 1.05. The number of aliphatic imine (C=N–C) groups is 1. The van der Waals surface area contributed by atoms with E-state index in [1.54, 1.807) is 24.5 Å². The highest BCUT2D eigenvalue weighted by Crippen LogP contribution is 2.05. The largest absolute Gasteiger partial charge is 0.315 e. The van der Waals surface area contributed by atoms with E-state index in [1.807, 2.05) is 0 Å². The van der Waals surface area contributed by atoms with Crippen LogP contribution in [0.3, 0.4) is 0 Å². The van der Waals surface area contributed by atoms with Crippen LogP contribution in [0.4, 0.5) is 5.69 Å². The molecule has 0 saturated heterocycles. The molecule has 0 amide bonds. The fourth-order valence-electron chi connectivity index (χ4n) is 0.542. The number of nitrogens with zero attached hydrogens (tertiary/aromatic N) is 2. The summed E-state index contributed by atoms with van der Waals surface area (Å²) in [5, 5.41) is 0. The molecule has 0 fully saturated rings. The van der Waals surface area contributed by atoms with Crippen LogP contribution in [-0.2, 0) is 0 Å². The third-order valence-electron chi connectivity index (χ3n) is 0.951. The van der Waals surface area contributed by atoms with Crippen molar-refractivity contribution in [3.8, 4) is 0 Å². The summed E-state index contributed by atoms with van der Waals surface area (Å²) in [5.41, 5.74) is 3.13. The van der Waals surface area contributed by atoms with Crippen LogP contribution >= 0.6 is 0 Å². The second kappa shape index (κ2) is 3.58. The molecule has 4 nitrogen and oxygen atoms in total. The summed E-state index contributed by atoms with van der Waals surface area (Å²) in [4.78, 5) is 7.75. The molecular weight excluding hydrogens is 128 g/mol. The number of hydrogen-bond donors (Lipinski definition) is 2. The lowest BCUT2D eigenvalue weighted by atomic mass is 10.4. The molecular formula is C6H8N4. The number of nitrogens with two attached hydrogens (primary N) is 1. The van der Waals surface area contributed by atoms with Gasteiger partial charge in [0.2, 0.25) is 0 Å². The van der Waals surface area contributed by atoms with Gasteiger partial charge in [0.25, 0.3) is 0 Å². The molecule has 0 spiro atoms. The van der Waals surface area contributed by atoms with Crippen molar-refractivity contribution >= 4 is 12.0 Å². The fraction of sp³-hybridized carbons (Fsp3) is 0. The minimum absolute atomic E-state index is 0.827. The zero-order valence-corrected chi connectivity index (χ0v) is 5.36. The third-order valence-corrected chi connectivity index (χ3v) is 0.951. The average molecular weight is 136 g/mol. The number of pyridine rings is 1. The van der Waals surface area contributed by atoms with Crippen LogP contribution in [0.1, 0.15) is 0 Å². The van der Waals surface area contributed by atoms with Gasteiger partial charge < -0.3 is 5.43 Å². The molecule has 1 heterocycles. The van der Waals surface area contributed by atoms with Crippen LogP contribution in [0.25, 0.3) is 0 Å². The van der Waals surface area contributed by atoms with Crippen LogP contribution < -0.4 is 11.3 Å². The smallest absolute Gasteiger partial charge is 0.103 e. The van der Waals surface area contributed by atoms with Crippen molar-refractivity contribution in [1.82, 2.24) is 10.4 Å². The molecule has 0 unspecified atom stereocenters. The van der Waals surface area contributed by atoms with E-state index in [4.69, 9.17) is 5.84 Å². The van der Waals surface area contributed by atoms with Gasteiger partial charge in [0.1, 0.15) is 6.34 Å². The van der Waals surface area contributed by atoms with E-state index < -0.39 is 0 Å². The van der Waals surface area contributed by atoms with Crippen molar-refractivity contribution in [2.75, 3.05) is 0 Å². The average Bonchev–Trinajstić information content (AvgIpc) is 2.03. The van der Waals surface area contributed by atoms with Gasteiger partial charge >= 0.3 is 0 Å². The van der Waals surface area contributed by atoms with Crippen LogP contribution in [0.5, 0.6) is 0 Å². The quantitative estimate of drug-likeness (QED) is 0.264. The highest BCUT2D eigenvalue weighted by molar-refractivity contribution is 5.59. The number of rotatable bonds is 2. The number of hydrogen-bond acceptors (Lipinski definition) is 3. The second-order valence-electron chi connectivity index (χ2n) is 1.63. The van der Waals surface area contributed by atoms with Gasteiger partial charge in [-0.25, -0.2) is 10.8 Å². The Hall–Kier alpha value is -1.42. The summed E-state index contributed by atoms with van der Waals surface area (Å²) < 4.78 is 0. The van der Waals surface area contributed by atoms with Gasteiger partial charge in [0.15, 0.2) is 0 Å². The Labute approximate surface area is 58.8 Å². The lowest BCUT2D eigenvalue weighted by Crippen LogP contribution is -2.18. The van der Waals surface area contributed by atoms with Gasteiger partial charge in [-0.2, -0.15) is 0 Å². The molecule has 1 rings (SSSR count). The molecule has 1 aromatic rings. The Balaban J connectivity index is 2.67. The molecule has 4 heteroatoms. The zero-order chi connectivity index (χ0) is 7.23. The van der Waals surface area contributed by atoms with Gasteiger partial charge in [-0.3, -0.25) is 4.98 Å². The highest BCUT2D eigenvalue weighted by atomic mass is 15.2. The maximum absolute atomic E-state index is 4.96. The van der Waals surface area contributed by atoms with Crippen molar-refractivity contribution in [3.05, 3.63) is 24.5 Å². The second-order valence-corrected chi connectivity index (χ2v) is 1.63. The maximum Gasteiger partial charge on any atom is 0.103 e. The van der Waals surface area contributed by atoms with Crippen molar-refractivity contribution in [2.45, 2.75) is 0 Å². The molecule has 0 bridgehead atoms. The van der Waals surface area contributed by atoms with Crippen LogP contribution in [0.15, 0.2) is 29.5 Å². The van der Waals surface area contributed by atoms with E-state index in [0.29, 0.717) is 0 Å². The summed E-state index contributed by atoms with van der Waals surface area (Å²) in [7, 11) is 0. The highest BCUT2D eigenvalue weighted by Gasteiger charge is 1.80. The van der Waals surface area contributed by atoms with E-state index >= 15 is 0 Å². The predicted octanol–water partition coefficient (Wildman–Crippen LogP) is 0.205. The Morgan fingerprint density at radius 2 is 2.20 bits per heavy atom. The molecule has 52 valence electrons. The minimum atomic E-state index is 0.827. The van der Waals surface area contributed by atoms with Crippen molar-refractivity contribution < 1.29 is 0 Å². The van der Waals surface area contributed by atoms with E-state index in [2.05, 4.69) is 15.4 Å². The molecule has 0 aliphatic carbocycles. The minimum Gasteiger partial charge on any atom is -0.315 e. The Bertz CT molecular complexity index is 206. The van der Waals surface area contributed by atoms with Gasteiger partial charge in [-0.15, -0.1) is 0 Å². The van der Waals surface area contributed by atoms with Crippen LogP contribution in [-0.4, -0.2) is 11.3 Å². The molecule has 0 radical (unpaired) electrons. The predicted molar refractivity (Wildman–Crippen MR) is 39.7 cm³/mol. The maximum atomic E-state index is 4.96. The van der Waals surface area contributed by atoms with Gasteiger partial charge in [0, 0.05) is 12.4 Å². The number of aromatic nitrogens is 1. The lowest BCUT2D eigenvalue weighted by Gasteiger charge is -1.88. The summed E-state index contributed by atoms with van der Waals surface area (Å²) in [6.07, 6.45) is 4.75. The molecule has 0 saturated carbocycles. The van der Waals surface area contributed by atoms with Gasteiger partial charge in [0.05, 0.1) is 5.69 Å². The summed E-state index contributed by atoms with van der Waals surface area (Å²) in [6, 6.07) is 3.57. The van der Waals surface area contributed by atoms with E-state index in [9.17, 15) is 0 Å². The molecule has 3 N–H and O–H groups in total. The van der Waals surface area contributed by atoms with Crippen LogP contribution in [0, 0.1) is 0 Å². The van der Waals surface area contributed by atoms with Crippen molar-refractivity contribution in [3.63, 3.8) is 0 Å². The van der Waals surface area contributed by atoms with E-state index in [-0.39, 0.29) is 0 Å². The molecule has 0 aliphatic rings. The molecule has 0 atom stereocenters. The third kappa shape index (κ3) is 1.83. The number of hydrazine groups is 1. The van der Waals surface area contributed by atoms with Crippen molar-refractivity contribution in [1.29, 1.82) is 0 Å².